The molecule has 0 spiro atoms. The fraction of sp³-hybridized carbons (Fsp3) is 0.538. The van der Waals surface area contributed by atoms with Crippen molar-refractivity contribution in [1.82, 2.24) is 0 Å². The van der Waals surface area contributed by atoms with E-state index in [0.29, 0.717) is 6.10 Å². The molecule has 1 atom stereocenters. The zero-order chi connectivity index (χ0) is 12.1. The number of rotatable bonds is 4. The maximum atomic E-state index is 5.68. The van der Waals surface area contributed by atoms with E-state index in [-0.39, 0.29) is 0 Å². The zero-order valence-corrected chi connectivity index (χ0v) is 11.6. The Morgan fingerprint density at radius 2 is 2.35 bits per heavy atom. The van der Waals surface area contributed by atoms with Crippen LogP contribution in [-0.2, 0) is 4.74 Å². The first-order chi connectivity index (χ1) is 8.29. The van der Waals surface area contributed by atoms with Gasteiger partial charge in [0, 0.05) is 18.8 Å². The minimum atomic E-state index is 0.352. The SMILES string of the molecule is COc1ccc(NCC2CCCCO2)cc1Br. The van der Waals surface area contributed by atoms with Crippen LogP contribution < -0.4 is 10.1 Å². The van der Waals surface area contributed by atoms with Gasteiger partial charge in [0.05, 0.1) is 17.7 Å². The highest BCUT2D eigenvalue weighted by Crippen LogP contribution is 2.27. The van der Waals surface area contributed by atoms with Crippen LogP contribution in [0.5, 0.6) is 5.75 Å². The predicted octanol–water partition coefficient (Wildman–Crippen LogP) is 3.44. The monoisotopic (exact) mass is 299 g/mol. The molecular weight excluding hydrogens is 282 g/mol. The molecule has 0 radical (unpaired) electrons. The average molecular weight is 300 g/mol. The van der Waals surface area contributed by atoms with E-state index >= 15 is 0 Å². The first-order valence-electron chi connectivity index (χ1n) is 5.98. The number of halogens is 1. The lowest BCUT2D eigenvalue weighted by Gasteiger charge is -2.23. The summed E-state index contributed by atoms with van der Waals surface area (Å²) in [6.07, 6.45) is 3.98. The van der Waals surface area contributed by atoms with Gasteiger partial charge in [-0.3, -0.25) is 0 Å². The summed E-state index contributed by atoms with van der Waals surface area (Å²) in [4.78, 5) is 0. The van der Waals surface area contributed by atoms with Crippen molar-refractivity contribution in [3.8, 4) is 5.75 Å². The number of nitrogens with one attached hydrogen (secondary N) is 1. The Kier molecular flexibility index (Phi) is 4.68. The molecular formula is C13H18BrNO2. The summed E-state index contributed by atoms with van der Waals surface area (Å²) in [6.45, 7) is 1.78. The third kappa shape index (κ3) is 3.61. The van der Waals surface area contributed by atoms with E-state index in [2.05, 4.69) is 21.2 Å². The van der Waals surface area contributed by atoms with Gasteiger partial charge in [-0.1, -0.05) is 0 Å². The van der Waals surface area contributed by atoms with E-state index in [4.69, 9.17) is 9.47 Å². The summed E-state index contributed by atoms with van der Waals surface area (Å²) >= 11 is 3.48. The molecule has 0 aromatic heterocycles. The molecule has 94 valence electrons. The summed E-state index contributed by atoms with van der Waals surface area (Å²) in [5, 5.41) is 3.40. The molecule has 1 aromatic rings. The minimum Gasteiger partial charge on any atom is -0.496 e. The van der Waals surface area contributed by atoms with Gasteiger partial charge in [0.25, 0.3) is 0 Å². The third-order valence-corrected chi connectivity index (χ3v) is 3.58. The van der Waals surface area contributed by atoms with E-state index in [9.17, 15) is 0 Å². The molecule has 1 aliphatic rings. The van der Waals surface area contributed by atoms with E-state index in [0.717, 1.165) is 35.5 Å². The molecule has 0 bridgehead atoms. The van der Waals surface area contributed by atoms with E-state index < -0.39 is 0 Å². The lowest BCUT2D eigenvalue weighted by atomic mass is 10.1. The Hall–Kier alpha value is -0.740. The second kappa shape index (κ2) is 6.26. The molecule has 4 heteroatoms. The summed E-state index contributed by atoms with van der Waals surface area (Å²) in [6, 6.07) is 6.00. The topological polar surface area (TPSA) is 30.5 Å². The van der Waals surface area contributed by atoms with Crippen molar-refractivity contribution in [1.29, 1.82) is 0 Å². The number of hydrogen-bond acceptors (Lipinski definition) is 3. The highest BCUT2D eigenvalue weighted by molar-refractivity contribution is 9.10. The van der Waals surface area contributed by atoms with Gasteiger partial charge < -0.3 is 14.8 Å². The third-order valence-electron chi connectivity index (χ3n) is 2.96. The van der Waals surface area contributed by atoms with Gasteiger partial charge in [-0.05, 0) is 53.4 Å². The average Bonchev–Trinajstić information content (AvgIpc) is 2.38. The minimum absolute atomic E-state index is 0.352. The van der Waals surface area contributed by atoms with Crippen molar-refractivity contribution in [3.05, 3.63) is 22.7 Å². The van der Waals surface area contributed by atoms with E-state index in [1.54, 1.807) is 7.11 Å². The Morgan fingerprint density at radius 3 is 3.00 bits per heavy atom. The lowest BCUT2D eigenvalue weighted by molar-refractivity contribution is 0.0247. The fourth-order valence-corrected chi connectivity index (χ4v) is 2.52. The molecule has 2 rings (SSSR count). The van der Waals surface area contributed by atoms with Crippen LogP contribution in [0.4, 0.5) is 5.69 Å². The van der Waals surface area contributed by atoms with Crippen LogP contribution >= 0.6 is 15.9 Å². The Bertz CT molecular complexity index is 364. The Morgan fingerprint density at radius 1 is 1.47 bits per heavy atom. The van der Waals surface area contributed by atoms with Crippen molar-refractivity contribution in [2.45, 2.75) is 25.4 Å². The molecule has 1 saturated heterocycles. The molecule has 1 heterocycles. The van der Waals surface area contributed by atoms with E-state index in [1.807, 2.05) is 18.2 Å². The molecule has 1 aliphatic heterocycles. The number of benzene rings is 1. The van der Waals surface area contributed by atoms with Crippen LogP contribution in [0.2, 0.25) is 0 Å². The van der Waals surface area contributed by atoms with Crippen molar-refractivity contribution < 1.29 is 9.47 Å². The van der Waals surface area contributed by atoms with Crippen LogP contribution in [0.1, 0.15) is 19.3 Å². The molecule has 1 N–H and O–H groups in total. The summed E-state index contributed by atoms with van der Waals surface area (Å²) in [7, 11) is 1.67. The standard InChI is InChI=1S/C13H18BrNO2/c1-16-13-6-5-10(8-12(13)14)15-9-11-4-2-3-7-17-11/h5-6,8,11,15H,2-4,7,9H2,1H3. The van der Waals surface area contributed by atoms with Crippen LogP contribution in [0, 0.1) is 0 Å². The van der Waals surface area contributed by atoms with Gasteiger partial charge in [0.1, 0.15) is 5.75 Å². The van der Waals surface area contributed by atoms with Crippen molar-refractivity contribution >= 4 is 21.6 Å². The number of anilines is 1. The number of hydrogen-bond donors (Lipinski definition) is 1. The highest BCUT2D eigenvalue weighted by Gasteiger charge is 2.13. The van der Waals surface area contributed by atoms with Gasteiger partial charge in [-0.25, -0.2) is 0 Å². The predicted molar refractivity (Wildman–Crippen MR) is 72.8 cm³/mol. The van der Waals surface area contributed by atoms with Crippen LogP contribution in [0.3, 0.4) is 0 Å². The van der Waals surface area contributed by atoms with Gasteiger partial charge >= 0.3 is 0 Å². The lowest BCUT2D eigenvalue weighted by Crippen LogP contribution is -2.26. The molecule has 1 fully saturated rings. The number of ether oxygens (including phenoxy) is 2. The van der Waals surface area contributed by atoms with Crippen LogP contribution in [-0.4, -0.2) is 26.4 Å². The van der Waals surface area contributed by atoms with Crippen LogP contribution in [0.15, 0.2) is 22.7 Å². The van der Waals surface area contributed by atoms with Gasteiger partial charge in [0.15, 0.2) is 0 Å². The zero-order valence-electron chi connectivity index (χ0n) is 10.0. The van der Waals surface area contributed by atoms with Crippen molar-refractivity contribution in [2.24, 2.45) is 0 Å². The molecule has 1 unspecified atom stereocenters. The van der Waals surface area contributed by atoms with Gasteiger partial charge in [0.2, 0.25) is 0 Å². The highest BCUT2D eigenvalue weighted by atomic mass is 79.9. The normalized spacial score (nSPS) is 20.0. The van der Waals surface area contributed by atoms with Crippen LogP contribution in [0.25, 0.3) is 0 Å². The first kappa shape index (κ1) is 12.7. The molecule has 0 amide bonds. The second-order valence-corrected chi connectivity index (χ2v) is 5.07. The van der Waals surface area contributed by atoms with E-state index in [1.165, 1.54) is 12.8 Å². The molecule has 1 aromatic carbocycles. The molecule has 3 nitrogen and oxygen atoms in total. The molecule has 0 aliphatic carbocycles. The summed E-state index contributed by atoms with van der Waals surface area (Å²) < 4.78 is 11.8. The fourth-order valence-electron chi connectivity index (χ4n) is 1.98. The largest absolute Gasteiger partial charge is 0.496 e. The summed E-state index contributed by atoms with van der Waals surface area (Å²) in [5.74, 6) is 0.851. The number of methoxy groups -OCH3 is 1. The summed E-state index contributed by atoms with van der Waals surface area (Å²) in [5.41, 5.74) is 1.09. The molecule has 0 saturated carbocycles. The maximum Gasteiger partial charge on any atom is 0.133 e. The smallest absolute Gasteiger partial charge is 0.133 e. The first-order valence-corrected chi connectivity index (χ1v) is 6.78. The van der Waals surface area contributed by atoms with Gasteiger partial charge in [-0.15, -0.1) is 0 Å². The second-order valence-electron chi connectivity index (χ2n) is 4.22. The van der Waals surface area contributed by atoms with Gasteiger partial charge in [-0.2, -0.15) is 0 Å². The van der Waals surface area contributed by atoms with Crippen molar-refractivity contribution in [2.75, 3.05) is 25.6 Å². The molecule has 17 heavy (non-hydrogen) atoms. The Labute approximate surface area is 111 Å². The maximum absolute atomic E-state index is 5.68. The quantitative estimate of drug-likeness (QED) is 0.924. The van der Waals surface area contributed by atoms with Crippen molar-refractivity contribution in [3.63, 3.8) is 0 Å². The Balaban J connectivity index is 1.87.